The maximum atomic E-state index is 6.08. The zero-order chi connectivity index (χ0) is 13.8. The van der Waals surface area contributed by atoms with Crippen molar-refractivity contribution in [2.75, 3.05) is 26.3 Å². The number of likely N-dealkylation sites (tertiary alicyclic amines) is 1. The molecule has 2 aliphatic heterocycles. The Kier molecular flexibility index (Phi) is 4.34. The van der Waals surface area contributed by atoms with Gasteiger partial charge in [0.05, 0.1) is 24.0 Å². The molecule has 2 fully saturated rings. The Morgan fingerprint density at radius 3 is 2.95 bits per heavy atom. The third-order valence-electron chi connectivity index (χ3n) is 4.46. The lowest BCUT2D eigenvalue weighted by atomic mass is 9.88. The van der Waals surface area contributed by atoms with E-state index in [1.165, 1.54) is 0 Å². The van der Waals surface area contributed by atoms with Crippen LogP contribution < -0.4 is 0 Å². The highest BCUT2D eigenvalue weighted by Crippen LogP contribution is 2.37. The minimum Gasteiger partial charge on any atom is -0.376 e. The molecule has 2 saturated heterocycles. The van der Waals surface area contributed by atoms with Crippen LogP contribution in [0.1, 0.15) is 31.9 Å². The Bertz CT molecular complexity index is 416. The fraction of sp³-hybridized carbons (Fsp3) is 0.688. The molecule has 2 aliphatic rings. The van der Waals surface area contributed by atoms with Gasteiger partial charge in [-0.1, -0.05) is 6.07 Å². The third-order valence-corrected chi connectivity index (χ3v) is 4.46. The predicted molar refractivity (Wildman–Crippen MR) is 77.5 cm³/mol. The average molecular weight is 276 g/mol. The molecule has 0 amide bonds. The normalized spacial score (nSPS) is 26.1. The van der Waals surface area contributed by atoms with Crippen molar-refractivity contribution in [3.63, 3.8) is 0 Å². The number of ether oxygens (including phenoxy) is 2. The van der Waals surface area contributed by atoms with Crippen molar-refractivity contribution < 1.29 is 9.47 Å². The fourth-order valence-corrected chi connectivity index (χ4v) is 3.33. The first-order valence-corrected chi connectivity index (χ1v) is 7.67. The maximum absolute atomic E-state index is 6.08. The Hall–Kier alpha value is -0.970. The number of nitrogens with zero attached hydrogens (tertiary/aromatic N) is 2. The number of hydrogen-bond acceptors (Lipinski definition) is 4. The molecule has 4 nitrogen and oxygen atoms in total. The zero-order valence-corrected chi connectivity index (χ0v) is 12.3. The lowest BCUT2D eigenvalue weighted by molar-refractivity contribution is -0.0466. The van der Waals surface area contributed by atoms with E-state index in [4.69, 9.17) is 9.47 Å². The van der Waals surface area contributed by atoms with Crippen LogP contribution >= 0.6 is 0 Å². The van der Waals surface area contributed by atoms with Crippen molar-refractivity contribution in [3.8, 4) is 0 Å². The lowest BCUT2D eigenvalue weighted by Crippen LogP contribution is -2.44. The van der Waals surface area contributed by atoms with Crippen LogP contribution in [0.4, 0.5) is 0 Å². The van der Waals surface area contributed by atoms with Gasteiger partial charge < -0.3 is 9.47 Å². The SMILES string of the molecule is CCO[C@@H]1COC2(CCN(Cc3ccccn3)CC2)C1. The van der Waals surface area contributed by atoms with Crippen molar-refractivity contribution in [3.05, 3.63) is 30.1 Å². The molecule has 20 heavy (non-hydrogen) atoms. The van der Waals surface area contributed by atoms with Gasteiger partial charge in [0.2, 0.25) is 0 Å². The molecule has 0 N–H and O–H groups in total. The zero-order valence-electron chi connectivity index (χ0n) is 12.3. The van der Waals surface area contributed by atoms with E-state index < -0.39 is 0 Å². The van der Waals surface area contributed by atoms with Crippen LogP contribution in [-0.2, 0) is 16.0 Å². The summed E-state index contributed by atoms with van der Waals surface area (Å²) in [6.45, 7) is 6.75. The maximum Gasteiger partial charge on any atom is 0.0836 e. The molecule has 1 aromatic rings. The van der Waals surface area contributed by atoms with Crippen LogP contribution in [0.15, 0.2) is 24.4 Å². The van der Waals surface area contributed by atoms with Gasteiger partial charge in [0, 0.05) is 38.9 Å². The molecule has 1 spiro atoms. The van der Waals surface area contributed by atoms with E-state index in [0.29, 0.717) is 6.10 Å². The van der Waals surface area contributed by atoms with Gasteiger partial charge in [0.15, 0.2) is 0 Å². The van der Waals surface area contributed by atoms with Crippen LogP contribution in [0, 0.1) is 0 Å². The van der Waals surface area contributed by atoms with E-state index in [1.807, 2.05) is 12.3 Å². The molecule has 0 saturated carbocycles. The van der Waals surface area contributed by atoms with Gasteiger partial charge in [-0.3, -0.25) is 9.88 Å². The first-order valence-electron chi connectivity index (χ1n) is 7.67. The Morgan fingerprint density at radius 1 is 1.40 bits per heavy atom. The number of rotatable bonds is 4. The van der Waals surface area contributed by atoms with Crippen molar-refractivity contribution in [2.24, 2.45) is 0 Å². The number of hydrogen-bond donors (Lipinski definition) is 0. The van der Waals surface area contributed by atoms with Crippen molar-refractivity contribution in [1.29, 1.82) is 0 Å². The molecule has 0 radical (unpaired) electrons. The van der Waals surface area contributed by atoms with Crippen LogP contribution in [0.2, 0.25) is 0 Å². The molecule has 1 aromatic heterocycles. The quantitative estimate of drug-likeness (QED) is 0.845. The van der Waals surface area contributed by atoms with Gasteiger partial charge in [-0.25, -0.2) is 0 Å². The van der Waals surface area contributed by atoms with Crippen LogP contribution in [0.25, 0.3) is 0 Å². The van der Waals surface area contributed by atoms with E-state index in [1.54, 1.807) is 0 Å². The largest absolute Gasteiger partial charge is 0.376 e. The summed E-state index contributed by atoms with van der Waals surface area (Å²) in [5.74, 6) is 0. The average Bonchev–Trinajstić information content (AvgIpc) is 2.86. The summed E-state index contributed by atoms with van der Waals surface area (Å²) in [6, 6.07) is 6.12. The summed E-state index contributed by atoms with van der Waals surface area (Å²) in [6.07, 6.45) is 5.47. The second-order valence-electron chi connectivity index (χ2n) is 5.87. The molecule has 0 unspecified atom stereocenters. The summed E-state index contributed by atoms with van der Waals surface area (Å²) in [5, 5.41) is 0. The van der Waals surface area contributed by atoms with E-state index in [2.05, 4.69) is 28.9 Å². The number of pyridine rings is 1. The highest BCUT2D eigenvalue weighted by molar-refractivity contribution is 5.04. The summed E-state index contributed by atoms with van der Waals surface area (Å²) >= 11 is 0. The Labute approximate surface area is 121 Å². The first-order chi connectivity index (χ1) is 9.80. The fourth-order valence-electron chi connectivity index (χ4n) is 3.33. The molecular weight excluding hydrogens is 252 g/mol. The van der Waals surface area contributed by atoms with Crippen LogP contribution in [0.3, 0.4) is 0 Å². The molecule has 0 aromatic carbocycles. The van der Waals surface area contributed by atoms with Gasteiger partial charge in [0.25, 0.3) is 0 Å². The van der Waals surface area contributed by atoms with Gasteiger partial charge in [-0.15, -0.1) is 0 Å². The minimum absolute atomic E-state index is 0.0838. The second-order valence-corrected chi connectivity index (χ2v) is 5.87. The molecular formula is C16H24N2O2. The molecule has 110 valence electrons. The summed E-state index contributed by atoms with van der Waals surface area (Å²) in [4.78, 5) is 6.88. The molecule has 4 heteroatoms. The van der Waals surface area contributed by atoms with E-state index in [0.717, 1.165) is 57.8 Å². The third kappa shape index (κ3) is 3.19. The van der Waals surface area contributed by atoms with Crippen LogP contribution in [-0.4, -0.2) is 47.9 Å². The van der Waals surface area contributed by atoms with Gasteiger partial charge in [-0.2, -0.15) is 0 Å². The van der Waals surface area contributed by atoms with Crippen LogP contribution in [0.5, 0.6) is 0 Å². The number of aromatic nitrogens is 1. The predicted octanol–water partition coefficient (Wildman–Crippen LogP) is 2.24. The second kappa shape index (κ2) is 6.20. The highest BCUT2D eigenvalue weighted by atomic mass is 16.6. The van der Waals surface area contributed by atoms with Gasteiger partial charge in [-0.05, 0) is 31.9 Å². The van der Waals surface area contributed by atoms with Gasteiger partial charge in [0.1, 0.15) is 0 Å². The Morgan fingerprint density at radius 2 is 2.25 bits per heavy atom. The molecule has 3 heterocycles. The number of piperidine rings is 1. The molecule has 0 bridgehead atoms. The summed E-state index contributed by atoms with van der Waals surface area (Å²) in [7, 11) is 0. The molecule has 0 aliphatic carbocycles. The molecule has 3 rings (SSSR count). The molecule has 1 atom stereocenters. The highest BCUT2D eigenvalue weighted by Gasteiger charge is 2.42. The van der Waals surface area contributed by atoms with Crippen molar-refractivity contribution >= 4 is 0 Å². The van der Waals surface area contributed by atoms with E-state index in [-0.39, 0.29) is 5.60 Å². The lowest BCUT2D eigenvalue weighted by Gasteiger charge is -2.38. The van der Waals surface area contributed by atoms with E-state index >= 15 is 0 Å². The summed E-state index contributed by atoms with van der Waals surface area (Å²) in [5.41, 5.74) is 1.24. The monoisotopic (exact) mass is 276 g/mol. The minimum atomic E-state index is 0.0838. The van der Waals surface area contributed by atoms with Gasteiger partial charge >= 0.3 is 0 Å². The van der Waals surface area contributed by atoms with Crippen molar-refractivity contribution in [2.45, 2.75) is 44.4 Å². The van der Waals surface area contributed by atoms with E-state index in [9.17, 15) is 0 Å². The smallest absolute Gasteiger partial charge is 0.0836 e. The summed E-state index contributed by atoms with van der Waals surface area (Å²) < 4.78 is 11.8. The Balaban J connectivity index is 1.50. The van der Waals surface area contributed by atoms with Crippen molar-refractivity contribution in [1.82, 2.24) is 9.88 Å². The topological polar surface area (TPSA) is 34.6 Å². The standard InChI is InChI=1S/C16H24N2O2/c1-2-19-15-11-16(20-13-15)6-9-18(10-7-16)12-14-5-3-4-8-17-14/h3-5,8,15H,2,6-7,9-13H2,1H3/t15-/m0/s1. The first kappa shape index (κ1) is 14.0.